The van der Waals surface area contributed by atoms with Crippen LogP contribution in [0.25, 0.3) is 10.8 Å². The van der Waals surface area contributed by atoms with E-state index in [0.717, 1.165) is 16.3 Å². The van der Waals surface area contributed by atoms with Crippen LogP contribution >= 0.6 is 0 Å². The normalized spacial score (nSPS) is 12.1. The topological polar surface area (TPSA) is 73.2 Å². The van der Waals surface area contributed by atoms with Gasteiger partial charge in [0, 0.05) is 12.1 Å². The SMILES string of the molecule is CC(C)n1nccc1NC(=O)[C@@H](C)OC(=O)Cc1cccc2ccccc12. The fraction of sp³-hybridized carbons (Fsp3) is 0.286. The van der Waals surface area contributed by atoms with Gasteiger partial charge in [0.2, 0.25) is 0 Å². The molecule has 140 valence electrons. The maximum Gasteiger partial charge on any atom is 0.311 e. The summed E-state index contributed by atoms with van der Waals surface area (Å²) < 4.78 is 7.03. The smallest absolute Gasteiger partial charge is 0.311 e. The molecule has 0 unspecified atom stereocenters. The fourth-order valence-electron chi connectivity index (χ4n) is 2.95. The summed E-state index contributed by atoms with van der Waals surface area (Å²) in [5.41, 5.74) is 0.878. The van der Waals surface area contributed by atoms with E-state index in [1.54, 1.807) is 23.9 Å². The summed E-state index contributed by atoms with van der Waals surface area (Å²) in [6, 6.07) is 15.5. The van der Waals surface area contributed by atoms with Gasteiger partial charge < -0.3 is 10.1 Å². The minimum atomic E-state index is -0.900. The van der Waals surface area contributed by atoms with Gasteiger partial charge in [0.25, 0.3) is 5.91 Å². The van der Waals surface area contributed by atoms with Gasteiger partial charge in [0.05, 0.1) is 12.6 Å². The average molecular weight is 365 g/mol. The van der Waals surface area contributed by atoms with Crippen LogP contribution in [-0.2, 0) is 20.7 Å². The van der Waals surface area contributed by atoms with E-state index in [-0.39, 0.29) is 18.4 Å². The molecule has 0 fully saturated rings. The Morgan fingerprint density at radius 2 is 1.81 bits per heavy atom. The van der Waals surface area contributed by atoms with Crippen LogP contribution in [0.5, 0.6) is 0 Å². The van der Waals surface area contributed by atoms with Crippen LogP contribution in [0.2, 0.25) is 0 Å². The zero-order valence-electron chi connectivity index (χ0n) is 15.7. The summed E-state index contributed by atoms with van der Waals surface area (Å²) in [4.78, 5) is 24.7. The molecule has 1 amide bonds. The van der Waals surface area contributed by atoms with Crippen molar-refractivity contribution in [3.05, 3.63) is 60.3 Å². The van der Waals surface area contributed by atoms with Crippen molar-refractivity contribution in [2.24, 2.45) is 0 Å². The van der Waals surface area contributed by atoms with Crippen molar-refractivity contribution in [1.82, 2.24) is 9.78 Å². The zero-order valence-corrected chi connectivity index (χ0v) is 15.7. The number of amides is 1. The first-order chi connectivity index (χ1) is 13.0. The van der Waals surface area contributed by atoms with E-state index in [0.29, 0.717) is 5.82 Å². The van der Waals surface area contributed by atoms with Gasteiger partial charge in [-0.05, 0) is 37.1 Å². The third-order valence-corrected chi connectivity index (χ3v) is 4.30. The van der Waals surface area contributed by atoms with Gasteiger partial charge in [-0.2, -0.15) is 5.10 Å². The van der Waals surface area contributed by atoms with Crippen molar-refractivity contribution < 1.29 is 14.3 Å². The first-order valence-corrected chi connectivity index (χ1v) is 8.96. The largest absolute Gasteiger partial charge is 0.452 e. The molecule has 0 spiro atoms. The summed E-state index contributed by atoms with van der Waals surface area (Å²) in [6.07, 6.45) is 0.832. The van der Waals surface area contributed by atoms with E-state index in [1.165, 1.54) is 0 Å². The van der Waals surface area contributed by atoms with E-state index < -0.39 is 12.1 Å². The highest BCUT2D eigenvalue weighted by molar-refractivity contribution is 5.95. The van der Waals surface area contributed by atoms with E-state index >= 15 is 0 Å². The number of hydrogen-bond donors (Lipinski definition) is 1. The summed E-state index contributed by atoms with van der Waals surface area (Å²) in [5.74, 6) is -0.248. The molecular weight excluding hydrogens is 342 g/mol. The zero-order chi connectivity index (χ0) is 19.4. The lowest BCUT2D eigenvalue weighted by molar-refractivity contribution is -0.152. The minimum absolute atomic E-state index is 0.111. The van der Waals surface area contributed by atoms with Gasteiger partial charge in [0.1, 0.15) is 5.82 Å². The number of nitrogens with one attached hydrogen (secondary N) is 1. The molecule has 6 nitrogen and oxygen atoms in total. The van der Waals surface area contributed by atoms with E-state index in [1.807, 2.05) is 56.3 Å². The Bertz CT molecular complexity index is 957. The Morgan fingerprint density at radius 3 is 2.59 bits per heavy atom. The molecule has 0 radical (unpaired) electrons. The van der Waals surface area contributed by atoms with Gasteiger partial charge in [-0.1, -0.05) is 42.5 Å². The van der Waals surface area contributed by atoms with Gasteiger partial charge >= 0.3 is 5.97 Å². The highest BCUT2D eigenvalue weighted by Crippen LogP contribution is 2.19. The highest BCUT2D eigenvalue weighted by atomic mass is 16.5. The molecule has 0 bridgehead atoms. The van der Waals surface area contributed by atoms with Crippen molar-refractivity contribution in [3.8, 4) is 0 Å². The van der Waals surface area contributed by atoms with Crippen LogP contribution in [0, 0.1) is 0 Å². The highest BCUT2D eigenvalue weighted by Gasteiger charge is 2.20. The summed E-state index contributed by atoms with van der Waals surface area (Å²) in [7, 11) is 0. The molecule has 0 saturated carbocycles. The van der Waals surface area contributed by atoms with Crippen LogP contribution in [0.3, 0.4) is 0 Å². The molecule has 0 saturated heterocycles. The van der Waals surface area contributed by atoms with Crippen molar-refractivity contribution >= 4 is 28.5 Å². The second-order valence-corrected chi connectivity index (χ2v) is 6.69. The molecular formula is C21H23N3O3. The molecule has 0 aliphatic heterocycles. The van der Waals surface area contributed by atoms with Gasteiger partial charge in [-0.3, -0.25) is 9.59 Å². The molecule has 1 atom stereocenters. The van der Waals surface area contributed by atoms with Gasteiger partial charge in [-0.15, -0.1) is 0 Å². The van der Waals surface area contributed by atoms with Crippen LogP contribution in [0.1, 0.15) is 32.4 Å². The lowest BCUT2D eigenvalue weighted by Crippen LogP contribution is -2.31. The second kappa shape index (κ2) is 8.03. The minimum Gasteiger partial charge on any atom is -0.452 e. The predicted molar refractivity (Wildman–Crippen MR) is 104 cm³/mol. The molecule has 1 aromatic heterocycles. The number of fused-ring (bicyclic) bond motifs is 1. The molecule has 1 heterocycles. The Labute approximate surface area is 158 Å². The maximum atomic E-state index is 12.4. The van der Waals surface area contributed by atoms with Crippen molar-refractivity contribution in [2.45, 2.75) is 39.3 Å². The maximum absolute atomic E-state index is 12.4. The number of esters is 1. The molecule has 0 aliphatic rings. The lowest BCUT2D eigenvalue weighted by atomic mass is 10.0. The average Bonchev–Trinajstić information content (AvgIpc) is 3.10. The number of hydrogen-bond acceptors (Lipinski definition) is 4. The number of carbonyl (C=O) groups excluding carboxylic acids is 2. The van der Waals surface area contributed by atoms with Crippen LogP contribution in [-0.4, -0.2) is 27.8 Å². The number of anilines is 1. The summed E-state index contributed by atoms with van der Waals surface area (Å²) in [5, 5.41) is 9.00. The Morgan fingerprint density at radius 1 is 1.07 bits per heavy atom. The molecule has 0 aliphatic carbocycles. The summed E-state index contributed by atoms with van der Waals surface area (Å²) in [6.45, 7) is 5.50. The second-order valence-electron chi connectivity index (χ2n) is 6.69. The molecule has 6 heteroatoms. The predicted octanol–water partition coefficient (Wildman–Crippen LogP) is 3.73. The van der Waals surface area contributed by atoms with E-state index in [9.17, 15) is 9.59 Å². The first-order valence-electron chi connectivity index (χ1n) is 8.96. The number of nitrogens with zero attached hydrogens (tertiary/aromatic N) is 2. The number of aromatic nitrogens is 2. The number of ether oxygens (including phenoxy) is 1. The third-order valence-electron chi connectivity index (χ3n) is 4.30. The quantitative estimate of drug-likeness (QED) is 0.676. The van der Waals surface area contributed by atoms with Crippen LogP contribution < -0.4 is 5.32 Å². The standard InChI is InChI=1S/C21H23N3O3/c1-14(2)24-19(11-12-22-24)23-21(26)15(3)27-20(25)13-17-9-6-8-16-7-4-5-10-18(16)17/h4-12,14-15H,13H2,1-3H3,(H,23,26)/t15-/m1/s1. The van der Waals surface area contributed by atoms with Crippen molar-refractivity contribution in [1.29, 1.82) is 0 Å². The number of carbonyl (C=O) groups is 2. The monoisotopic (exact) mass is 365 g/mol. The molecule has 2 aromatic carbocycles. The molecule has 3 rings (SSSR count). The van der Waals surface area contributed by atoms with Crippen molar-refractivity contribution in [3.63, 3.8) is 0 Å². The van der Waals surface area contributed by atoms with Crippen LogP contribution in [0.15, 0.2) is 54.7 Å². The molecule has 27 heavy (non-hydrogen) atoms. The van der Waals surface area contributed by atoms with Crippen LogP contribution in [0.4, 0.5) is 5.82 Å². The van der Waals surface area contributed by atoms with Gasteiger partial charge in [0.15, 0.2) is 6.10 Å². The Balaban J connectivity index is 1.63. The third kappa shape index (κ3) is 4.34. The lowest BCUT2D eigenvalue weighted by Gasteiger charge is -2.16. The number of rotatable bonds is 6. The Kier molecular flexibility index (Phi) is 5.54. The number of benzene rings is 2. The fourth-order valence-corrected chi connectivity index (χ4v) is 2.95. The van der Waals surface area contributed by atoms with Gasteiger partial charge in [-0.25, -0.2) is 4.68 Å². The summed E-state index contributed by atoms with van der Waals surface area (Å²) >= 11 is 0. The van der Waals surface area contributed by atoms with E-state index in [2.05, 4.69) is 10.4 Å². The van der Waals surface area contributed by atoms with E-state index in [4.69, 9.17) is 4.74 Å². The Hall–Kier alpha value is -3.15. The van der Waals surface area contributed by atoms with Crippen molar-refractivity contribution in [2.75, 3.05) is 5.32 Å². The molecule has 1 N–H and O–H groups in total. The first kappa shape index (κ1) is 18.6. The molecule has 3 aromatic rings.